The van der Waals surface area contributed by atoms with Crippen LogP contribution < -0.4 is 9.46 Å². The van der Waals surface area contributed by atoms with Gasteiger partial charge in [-0.2, -0.15) is 0 Å². The number of aryl methyl sites for hydroxylation is 1. The van der Waals surface area contributed by atoms with Crippen molar-refractivity contribution in [3.63, 3.8) is 0 Å². The molecule has 0 radical (unpaired) electrons. The number of para-hydroxylation sites is 1. The van der Waals surface area contributed by atoms with Crippen LogP contribution in [0.4, 0.5) is 0 Å². The SMILES string of the molecule is COc1ccc(-n2c(C)cc(C(=O)NS(=O)(=O)c3cccc4cccnc34)c2C)cc1. The van der Waals surface area contributed by atoms with E-state index in [-0.39, 0.29) is 10.5 Å². The van der Waals surface area contributed by atoms with Crippen molar-refractivity contribution in [1.82, 2.24) is 14.3 Å². The van der Waals surface area contributed by atoms with E-state index < -0.39 is 15.9 Å². The van der Waals surface area contributed by atoms with Crippen molar-refractivity contribution in [2.24, 2.45) is 0 Å². The molecule has 2 aromatic heterocycles. The number of hydrogen-bond donors (Lipinski definition) is 1. The summed E-state index contributed by atoms with van der Waals surface area (Å²) in [5.41, 5.74) is 2.87. The van der Waals surface area contributed by atoms with Crippen molar-refractivity contribution < 1.29 is 17.9 Å². The molecule has 8 heteroatoms. The Bertz CT molecular complexity index is 1390. The number of ether oxygens (including phenoxy) is 1. The van der Waals surface area contributed by atoms with Gasteiger partial charge in [-0.3, -0.25) is 9.78 Å². The summed E-state index contributed by atoms with van der Waals surface area (Å²) in [5.74, 6) is 0.0276. The highest BCUT2D eigenvalue weighted by molar-refractivity contribution is 7.90. The summed E-state index contributed by atoms with van der Waals surface area (Å²) >= 11 is 0. The van der Waals surface area contributed by atoms with Crippen molar-refractivity contribution >= 4 is 26.8 Å². The molecule has 31 heavy (non-hydrogen) atoms. The van der Waals surface area contributed by atoms with Crippen LogP contribution in [0.1, 0.15) is 21.7 Å². The second kappa shape index (κ2) is 7.88. The molecule has 0 saturated heterocycles. The maximum atomic E-state index is 13.0. The molecular formula is C23H21N3O4S. The zero-order chi connectivity index (χ0) is 22.2. The number of pyridine rings is 1. The molecule has 2 aromatic carbocycles. The Kier molecular flexibility index (Phi) is 5.24. The fourth-order valence-corrected chi connectivity index (χ4v) is 4.79. The molecule has 158 valence electrons. The van der Waals surface area contributed by atoms with Gasteiger partial charge < -0.3 is 9.30 Å². The Balaban J connectivity index is 1.69. The molecule has 4 rings (SSSR count). The first-order valence-corrected chi connectivity index (χ1v) is 11.0. The lowest BCUT2D eigenvalue weighted by Gasteiger charge is -2.11. The predicted molar refractivity (Wildman–Crippen MR) is 118 cm³/mol. The minimum Gasteiger partial charge on any atom is -0.497 e. The topological polar surface area (TPSA) is 90.3 Å². The second-order valence-corrected chi connectivity index (χ2v) is 8.73. The van der Waals surface area contributed by atoms with Gasteiger partial charge in [-0.25, -0.2) is 13.1 Å². The Morgan fingerprint density at radius 1 is 1.03 bits per heavy atom. The van der Waals surface area contributed by atoms with E-state index >= 15 is 0 Å². The van der Waals surface area contributed by atoms with Gasteiger partial charge in [0.25, 0.3) is 15.9 Å². The van der Waals surface area contributed by atoms with Crippen LogP contribution in [0.5, 0.6) is 5.75 Å². The minimum absolute atomic E-state index is 0.0390. The molecule has 7 nitrogen and oxygen atoms in total. The van der Waals surface area contributed by atoms with E-state index in [4.69, 9.17) is 4.74 Å². The summed E-state index contributed by atoms with van der Waals surface area (Å²) in [4.78, 5) is 17.1. The van der Waals surface area contributed by atoms with Crippen LogP contribution in [0.3, 0.4) is 0 Å². The van der Waals surface area contributed by atoms with Crippen LogP contribution in [-0.4, -0.2) is 31.0 Å². The van der Waals surface area contributed by atoms with Crippen LogP contribution in [-0.2, 0) is 10.0 Å². The third kappa shape index (κ3) is 3.77. The molecule has 0 saturated carbocycles. The number of amides is 1. The summed E-state index contributed by atoms with van der Waals surface area (Å²) in [6.07, 6.45) is 1.52. The third-order valence-corrected chi connectivity index (χ3v) is 6.48. The van der Waals surface area contributed by atoms with Gasteiger partial charge in [-0.1, -0.05) is 18.2 Å². The smallest absolute Gasteiger partial charge is 0.266 e. The Hall–Kier alpha value is -3.65. The number of hydrogen-bond acceptors (Lipinski definition) is 5. The number of rotatable bonds is 5. The van der Waals surface area contributed by atoms with Crippen LogP contribution in [0, 0.1) is 13.8 Å². The van der Waals surface area contributed by atoms with Crippen LogP contribution >= 0.6 is 0 Å². The van der Waals surface area contributed by atoms with E-state index in [0.717, 1.165) is 17.1 Å². The number of benzene rings is 2. The summed E-state index contributed by atoms with van der Waals surface area (Å²) in [6.45, 7) is 3.63. The van der Waals surface area contributed by atoms with E-state index in [0.29, 0.717) is 16.6 Å². The molecule has 4 aromatic rings. The first kappa shape index (κ1) is 20.6. The van der Waals surface area contributed by atoms with Crippen LogP contribution in [0.25, 0.3) is 16.6 Å². The molecule has 1 amide bonds. The zero-order valence-corrected chi connectivity index (χ0v) is 18.1. The van der Waals surface area contributed by atoms with Crippen molar-refractivity contribution in [2.45, 2.75) is 18.7 Å². The maximum Gasteiger partial charge on any atom is 0.266 e. The van der Waals surface area contributed by atoms with Gasteiger partial charge in [-0.05, 0) is 56.3 Å². The van der Waals surface area contributed by atoms with E-state index in [9.17, 15) is 13.2 Å². The van der Waals surface area contributed by atoms with E-state index in [1.165, 1.54) is 12.3 Å². The summed E-state index contributed by atoms with van der Waals surface area (Å²) in [5, 5.41) is 0.676. The average molecular weight is 436 g/mol. The lowest BCUT2D eigenvalue weighted by molar-refractivity contribution is 0.0981. The summed E-state index contributed by atoms with van der Waals surface area (Å²) in [7, 11) is -2.52. The van der Waals surface area contributed by atoms with Gasteiger partial charge in [0.1, 0.15) is 10.6 Å². The lowest BCUT2D eigenvalue weighted by atomic mass is 10.2. The highest BCUT2D eigenvalue weighted by Gasteiger charge is 2.24. The highest BCUT2D eigenvalue weighted by atomic mass is 32.2. The standard InChI is InChI=1S/C23H21N3O4S/c1-15-14-20(16(2)26(15)18-9-11-19(30-3)12-10-18)23(27)25-31(28,29)21-8-4-6-17-7-5-13-24-22(17)21/h4-14H,1-3H3,(H,25,27). The fraction of sp³-hybridized carbons (Fsp3) is 0.130. The van der Waals surface area contributed by atoms with Crippen molar-refractivity contribution in [2.75, 3.05) is 7.11 Å². The number of aromatic nitrogens is 2. The first-order valence-electron chi connectivity index (χ1n) is 9.56. The molecule has 0 fully saturated rings. The number of methoxy groups -OCH3 is 1. The van der Waals surface area contributed by atoms with Crippen molar-refractivity contribution in [1.29, 1.82) is 0 Å². The number of carbonyl (C=O) groups excluding carboxylic acids is 1. The van der Waals surface area contributed by atoms with Crippen molar-refractivity contribution in [3.8, 4) is 11.4 Å². The molecule has 0 aliphatic carbocycles. The molecule has 0 atom stereocenters. The van der Waals surface area contributed by atoms with Gasteiger partial charge >= 0.3 is 0 Å². The van der Waals surface area contributed by atoms with Gasteiger partial charge in [0.05, 0.1) is 18.2 Å². The van der Waals surface area contributed by atoms with Crippen LogP contribution in [0.15, 0.2) is 71.8 Å². The second-order valence-electron chi connectivity index (χ2n) is 7.08. The Morgan fingerprint density at radius 2 is 1.74 bits per heavy atom. The number of sulfonamides is 1. The number of carbonyl (C=O) groups is 1. The van der Waals surface area contributed by atoms with E-state index in [1.54, 1.807) is 44.4 Å². The average Bonchev–Trinajstić information content (AvgIpc) is 3.07. The fourth-order valence-electron chi connectivity index (χ4n) is 3.65. The molecule has 0 unspecified atom stereocenters. The molecule has 2 heterocycles. The van der Waals surface area contributed by atoms with Gasteiger partial charge in [0, 0.05) is 28.7 Å². The summed E-state index contributed by atoms with van der Waals surface area (Å²) in [6, 6.07) is 17.4. The first-order chi connectivity index (χ1) is 14.8. The normalized spacial score (nSPS) is 11.5. The maximum absolute atomic E-state index is 13.0. The molecule has 0 aliphatic rings. The van der Waals surface area contributed by atoms with E-state index in [2.05, 4.69) is 9.71 Å². The quantitative estimate of drug-likeness (QED) is 0.515. The monoisotopic (exact) mass is 435 g/mol. The lowest BCUT2D eigenvalue weighted by Crippen LogP contribution is -2.31. The molecular weight excluding hydrogens is 414 g/mol. The van der Waals surface area contributed by atoms with Crippen LogP contribution in [0.2, 0.25) is 0 Å². The highest BCUT2D eigenvalue weighted by Crippen LogP contribution is 2.24. The van der Waals surface area contributed by atoms with E-state index in [1.807, 2.05) is 35.8 Å². The van der Waals surface area contributed by atoms with Gasteiger partial charge in [0.2, 0.25) is 0 Å². The van der Waals surface area contributed by atoms with Gasteiger partial charge in [-0.15, -0.1) is 0 Å². The summed E-state index contributed by atoms with van der Waals surface area (Å²) < 4.78 is 35.2. The number of fused-ring (bicyclic) bond motifs is 1. The minimum atomic E-state index is -4.12. The Morgan fingerprint density at radius 3 is 2.45 bits per heavy atom. The number of nitrogens with one attached hydrogen (secondary N) is 1. The molecule has 0 aliphatic heterocycles. The van der Waals surface area contributed by atoms with Crippen molar-refractivity contribution in [3.05, 3.63) is 83.8 Å². The third-order valence-electron chi connectivity index (χ3n) is 5.12. The molecule has 0 spiro atoms. The van der Waals surface area contributed by atoms with Gasteiger partial charge in [0.15, 0.2) is 0 Å². The zero-order valence-electron chi connectivity index (χ0n) is 17.3. The number of nitrogens with zero attached hydrogens (tertiary/aromatic N) is 2. The predicted octanol–water partition coefficient (Wildman–Crippen LogP) is 3.77. The largest absolute Gasteiger partial charge is 0.497 e. The molecule has 1 N–H and O–H groups in total. The Labute approximate surface area is 180 Å². The molecule has 0 bridgehead atoms.